The van der Waals surface area contributed by atoms with Crippen LogP contribution >= 0.6 is 11.6 Å². The van der Waals surface area contributed by atoms with Gasteiger partial charge in [-0.1, -0.05) is 37.1 Å². The molecule has 136 valence electrons. The lowest BCUT2D eigenvalue weighted by Crippen LogP contribution is -2.32. The Morgan fingerprint density at radius 2 is 1.85 bits per heavy atom. The second-order valence-electron chi connectivity index (χ2n) is 5.40. The van der Waals surface area contributed by atoms with E-state index in [-0.39, 0.29) is 0 Å². The summed E-state index contributed by atoms with van der Waals surface area (Å²) in [7, 11) is 0. The maximum Gasteiger partial charge on any atom is 0.329 e. The minimum atomic E-state index is -0.888. The van der Waals surface area contributed by atoms with Gasteiger partial charge < -0.3 is 10.1 Å². The SMILES string of the molecule is CCCCOc1ccc(C=NNC(=O)C(=O)Nc2ccccc2Cl)cc1. The summed E-state index contributed by atoms with van der Waals surface area (Å²) < 4.78 is 5.56. The zero-order valence-electron chi connectivity index (χ0n) is 14.4. The highest BCUT2D eigenvalue weighted by Crippen LogP contribution is 2.20. The van der Waals surface area contributed by atoms with Crippen molar-refractivity contribution < 1.29 is 14.3 Å². The number of ether oxygens (including phenoxy) is 1. The van der Waals surface area contributed by atoms with Crippen molar-refractivity contribution >= 4 is 35.3 Å². The number of nitrogens with one attached hydrogen (secondary N) is 2. The van der Waals surface area contributed by atoms with Crippen molar-refractivity contribution in [3.63, 3.8) is 0 Å². The Labute approximate surface area is 157 Å². The fourth-order valence-corrected chi connectivity index (χ4v) is 2.13. The van der Waals surface area contributed by atoms with E-state index in [9.17, 15) is 9.59 Å². The molecule has 0 aliphatic rings. The molecular formula is C19H20ClN3O3. The van der Waals surface area contributed by atoms with Gasteiger partial charge in [-0.05, 0) is 48.4 Å². The topological polar surface area (TPSA) is 79.8 Å². The standard InChI is InChI=1S/C19H20ClN3O3/c1-2-3-12-26-15-10-8-14(9-11-15)13-21-23-19(25)18(24)22-17-7-5-4-6-16(17)20/h4-11,13H,2-3,12H2,1H3,(H,22,24)(H,23,25). The van der Waals surface area contributed by atoms with Crippen molar-refractivity contribution in [2.24, 2.45) is 5.10 Å². The lowest BCUT2D eigenvalue weighted by Gasteiger charge is -2.05. The molecule has 2 N–H and O–H groups in total. The van der Waals surface area contributed by atoms with Crippen molar-refractivity contribution in [3.05, 3.63) is 59.1 Å². The molecule has 0 radical (unpaired) electrons. The number of hydrogen-bond donors (Lipinski definition) is 2. The van der Waals surface area contributed by atoms with Crippen molar-refractivity contribution in [2.75, 3.05) is 11.9 Å². The summed E-state index contributed by atoms with van der Waals surface area (Å²) in [5.74, 6) is -0.964. The molecule has 0 spiro atoms. The van der Waals surface area contributed by atoms with Gasteiger partial charge in [-0.25, -0.2) is 5.43 Å². The van der Waals surface area contributed by atoms with E-state index in [1.165, 1.54) is 6.21 Å². The van der Waals surface area contributed by atoms with Crippen LogP contribution < -0.4 is 15.5 Å². The highest BCUT2D eigenvalue weighted by atomic mass is 35.5. The van der Waals surface area contributed by atoms with Crippen LogP contribution in [0.1, 0.15) is 25.3 Å². The van der Waals surface area contributed by atoms with Crippen LogP contribution in [0.25, 0.3) is 0 Å². The van der Waals surface area contributed by atoms with Crippen LogP contribution in [-0.2, 0) is 9.59 Å². The molecule has 0 saturated heterocycles. The maximum absolute atomic E-state index is 11.8. The molecular weight excluding hydrogens is 354 g/mol. The predicted octanol–water partition coefficient (Wildman–Crippen LogP) is 3.61. The molecule has 0 aliphatic carbocycles. The number of hydrazone groups is 1. The normalized spacial score (nSPS) is 10.5. The van der Waals surface area contributed by atoms with E-state index in [1.54, 1.807) is 36.4 Å². The number of halogens is 1. The quantitative estimate of drug-likeness (QED) is 0.337. The molecule has 0 aliphatic heterocycles. The Kier molecular flexibility index (Phi) is 7.64. The van der Waals surface area contributed by atoms with Crippen molar-refractivity contribution in [1.82, 2.24) is 5.43 Å². The number of rotatable bonds is 7. The van der Waals surface area contributed by atoms with Crippen LogP contribution in [0, 0.1) is 0 Å². The Balaban J connectivity index is 1.82. The van der Waals surface area contributed by atoms with Crippen LogP contribution in [-0.4, -0.2) is 24.6 Å². The van der Waals surface area contributed by atoms with Gasteiger partial charge in [0, 0.05) is 0 Å². The molecule has 2 rings (SSSR count). The van der Waals surface area contributed by atoms with Gasteiger partial charge in [0.05, 0.1) is 23.5 Å². The molecule has 0 unspecified atom stereocenters. The van der Waals surface area contributed by atoms with E-state index < -0.39 is 11.8 Å². The minimum absolute atomic E-state index is 0.346. The largest absolute Gasteiger partial charge is 0.494 e. The summed E-state index contributed by atoms with van der Waals surface area (Å²) in [4.78, 5) is 23.6. The molecule has 0 atom stereocenters. The number of unbranched alkanes of at least 4 members (excludes halogenated alkanes) is 1. The minimum Gasteiger partial charge on any atom is -0.494 e. The van der Waals surface area contributed by atoms with E-state index in [0.29, 0.717) is 17.3 Å². The highest BCUT2D eigenvalue weighted by molar-refractivity contribution is 6.41. The molecule has 2 aromatic rings. The molecule has 0 heterocycles. The van der Waals surface area contributed by atoms with E-state index in [1.807, 2.05) is 12.1 Å². The third-order valence-electron chi connectivity index (χ3n) is 3.35. The summed E-state index contributed by atoms with van der Waals surface area (Å²) in [6.07, 6.45) is 3.52. The van der Waals surface area contributed by atoms with E-state index >= 15 is 0 Å². The van der Waals surface area contributed by atoms with E-state index in [4.69, 9.17) is 16.3 Å². The number of carbonyl (C=O) groups excluding carboxylic acids is 2. The van der Waals surface area contributed by atoms with Gasteiger partial charge in [-0.15, -0.1) is 0 Å². The summed E-state index contributed by atoms with van der Waals surface area (Å²) in [6.45, 7) is 2.78. The van der Waals surface area contributed by atoms with Crippen LogP contribution in [0.5, 0.6) is 5.75 Å². The number of anilines is 1. The Hall–Kier alpha value is -2.86. The Bertz CT molecular complexity index is 776. The molecule has 0 fully saturated rings. The number of benzene rings is 2. The maximum atomic E-state index is 11.8. The Morgan fingerprint density at radius 3 is 2.54 bits per heavy atom. The van der Waals surface area contributed by atoms with Gasteiger partial charge in [-0.3, -0.25) is 9.59 Å². The third kappa shape index (κ3) is 6.22. The molecule has 2 aromatic carbocycles. The number of nitrogens with zero attached hydrogens (tertiary/aromatic N) is 1. The molecule has 6 nitrogen and oxygen atoms in total. The first kappa shape index (κ1) is 19.5. The molecule has 0 bridgehead atoms. The van der Waals surface area contributed by atoms with Gasteiger partial charge in [0.2, 0.25) is 0 Å². The molecule has 2 amide bonds. The molecule has 0 saturated carbocycles. The van der Waals surface area contributed by atoms with Gasteiger partial charge in [0.1, 0.15) is 5.75 Å². The molecule has 0 aromatic heterocycles. The predicted molar refractivity (Wildman–Crippen MR) is 103 cm³/mol. The van der Waals surface area contributed by atoms with Crippen molar-refractivity contribution in [3.8, 4) is 5.75 Å². The monoisotopic (exact) mass is 373 g/mol. The third-order valence-corrected chi connectivity index (χ3v) is 3.68. The number of carbonyl (C=O) groups is 2. The lowest BCUT2D eigenvalue weighted by molar-refractivity contribution is -0.136. The fourth-order valence-electron chi connectivity index (χ4n) is 1.94. The van der Waals surface area contributed by atoms with Crippen LogP contribution in [0.15, 0.2) is 53.6 Å². The zero-order valence-corrected chi connectivity index (χ0v) is 15.1. The fraction of sp³-hybridized carbons (Fsp3) is 0.211. The second-order valence-corrected chi connectivity index (χ2v) is 5.81. The Morgan fingerprint density at radius 1 is 1.12 bits per heavy atom. The summed E-state index contributed by atoms with van der Waals surface area (Å²) in [5.41, 5.74) is 3.29. The van der Waals surface area contributed by atoms with Crippen molar-refractivity contribution in [2.45, 2.75) is 19.8 Å². The van der Waals surface area contributed by atoms with E-state index in [2.05, 4.69) is 22.8 Å². The van der Waals surface area contributed by atoms with Gasteiger partial charge in [-0.2, -0.15) is 5.10 Å². The average molecular weight is 374 g/mol. The number of amides is 2. The van der Waals surface area contributed by atoms with Gasteiger partial charge in [0.15, 0.2) is 0 Å². The first-order valence-electron chi connectivity index (χ1n) is 8.22. The summed E-state index contributed by atoms with van der Waals surface area (Å²) in [5, 5.41) is 6.54. The zero-order chi connectivity index (χ0) is 18.8. The second kappa shape index (κ2) is 10.2. The van der Waals surface area contributed by atoms with Gasteiger partial charge in [0.25, 0.3) is 0 Å². The van der Waals surface area contributed by atoms with Gasteiger partial charge >= 0.3 is 11.8 Å². The van der Waals surface area contributed by atoms with Crippen LogP contribution in [0.3, 0.4) is 0 Å². The molecule has 26 heavy (non-hydrogen) atoms. The summed E-state index contributed by atoms with van der Waals surface area (Å²) >= 11 is 5.92. The number of hydrogen-bond acceptors (Lipinski definition) is 4. The first-order chi connectivity index (χ1) is 12.6. The molecule has 7 heteroatoms. The van der Waals surface area contributed by atoms with E-state index in [0.717, 1.165) is 24.2 Å². The average Bonchev–Trinajstić information content (AvgIpc) is 2.65. The van der Waals surface area contributed by atoms with Crippen molar-refractivity contribution in [1.29, 1.82) is 0 Å². The lowest BCUT2D eigenvalue weighted by atomic mass is 10.2. The highest BCUT2D eigenvalue weighted by Gasteiger charge is 2.13. The smallest absolute Gasteiger partial charge is 0.329 e. The van der Waals surface area contributed by atoms with Crippen LogP contribution in [0.2, 0.25) is 5.02 Å². The van der Waals surface area contributed by atoms with Crippen LogP contribution in [0.4, 0.5) is 5.69 Å². The summed E-state index contributed by atoms with van der Waals surface area (Å²) in [6, 6.07) is 13.9. The number of para-hydroxylation sites is 1. The first-order valence-corrected chi connectivity index (χ1v) is 8.59.